The second-order valence-corrected chi connectivity index (χ2v) is 4.76. The van der Waals surface area contributed by atoms with E-state index in [-0.39, 0.29) is 12.2 Å². The largest absolute Gasteiger partial charge is 0.508 e. The first-order chi connectivity index (χ1) is 7.98. The molecule has 1 fully saturated rings. The van der Waals surface area contributed by atoms with Gasteiger partial charge in [0.25, 0.3) is 0 Å². The molecule has 92 valence electrons. The first kappa shape index (κ1) is 12.0. The SMILES string of the molecule is COc1cc(C2(CC(=O)O)CC2)c(O)cc1Cl. The van der Waals surface area contributed by atoms with Crippen molar-refractivity contribution in [2.75, 3.05) is 7.11 Å². The quantitative estimate of drug-likeness (QED) is 0.869. The smallest absolute Gasteiger partial charge is 0.304 e. The molecular weight excluding hydrogens is 244 g/mol. The van der Waals surface area contributed by atoms with Crippen molar-refractivity contribution in [3.63, 3.8) is 0 Å². The van der Waals surface area contributed by atoms with Gasteiger partial charge in [-0.2, -0.15) is 0 Å². The number of rotatable bonds is 4. The minimum atomic E-state index is -0.865. The Morgan fingerprint density at radius 3 is 2.65 bits per heavy atom. The number of carboxylic acids is 1. The lowest BCUT2D eigenvalue weighted by molar-refractivity contribution is -0.137. The molecule has 0 aromatic heterocycles. The molecule has 5 heteroatoms. The minimum Gasteiger partial charge on any atom is -0.508 e. The highest BCUT2D eigenvalue weighted by Crippen LogP contribution is 2.55. The van der Waals surface area contributed by atoms with Gasteiger partial charge in [-0.3, -0.25) is 4.79 Å². The highest BCUT2D eigenvalue weighted by atomic mass is 35.5. The number of carboxylic acid groups (broad SMARTS) is 1. The van der Waals surface area contributed by atoms with Crippen LogP contribution in [0.1, 0.15) is 24.8 Å². The second-order valence-electron chi connectivity index (χ2n) is 4.35. The van der Waals surface area contributed by atoms with E-state index in [1.165, 1.54) is 13.2 Å². The van der Waals surface area contributed by atoms with Crippen LogP contribution < -0.4 is 4.74 Å². The van der Waals surface area contributed by atoms with Crippen LogP contribution in [0.15, 0.2) is 12.1 Å². The fraction of sp³-hybridized carbons (Fsp3) is 0.417. The van der Waals surface area contributed by atoms with E-state index in [4.69, 9.17) is 21.4 Å². The third-order valence-corrected chi connectivity index (χ3v) is 3.48. The highest BCUT2D eigenvalue weighted by molar-refractivity contribution is 6.32. The summed E-state index contributed by atoms with van der Waals surface area (Å²) in [5.41, 5.74) is 0.162. The maximum atomic E-state index is 10.8. The number of halogens is 1. The zero-order valence-corrected chi connectivity index (χ0v) is 10.1. The molecule has 0 saturated heterocycles. The molecular formula is C12H13ClO4. The van der Waals surface area contributed by atoms with Crippen LogP contribution in [0.25, 0.3) is 0 Å². The number of carbonyl (C=O) groups is 1. The van der Waals surface area contributed by atoms with Gasteiger partial charge in [-0.15, -0.1) is 0 Å². The molecule has 4 nitrogen and oxygen atoms in total. The lowest BCUT2D eigenvalue weighted by Crippen LogP contribution is -2.13. The van der Waals surface area contributed by atoms with Crippen LogP contribution in [0.4, 0.5) is 0 Å². The minimum absolute atomic E-state index is 0.0192. The van der Waals surface area contributed by atoms with Gasteiger partial charge in [-0.05, 0) is 18.9 Å². The molecule has 0 spiro atoms. The Morgan fingerprint density at radius 1 is 1.53 bits per heavy atom. The van der Waals surface area contributed by atoms with E-state index in [0.717, 1.165) is 12.8 Å². The maximum Gasteiger partial charge on any atom is 0.304 e. The van der Waals surface area contributed by atoms with Crippen molar-refractivity contribution in [3.8, 4) is 11.5 Å². The number of ether oxygens (including phenoxy) is 1. The van der Waals surface area contributed by atoms with Crippen LogP contribution in [-0.2, 0) is 10.2 Å². The van der Waals surface area contributed by atoms with Gasteiger partial charge in [0.15, 0.2) is 0 Å². The van der Waals surface area contributed by atoms with Gasteiger partial charge in [0.2, 0.25) is 0 Å². The summed E-state index contributed by atoms with van der Waals surface area (Å²) >= 11 is 5.88. The van der Waals surface area contributed by atoms with Gasteiger partial charge >= 0.3 is 5.97 Å². The number of methoxy groups -OCH3 is 1. The molecule has 0 atom stereocenters. The van der Waals surface area contributed by atoms with Gasteiger partial charge in [0.05, 0.1) is 18.6 Å². The van der Waals surface area contributed by atoms with Crippen LogP contribution >= 0.6 is 11.6 Å². The van der Waals surface area contributed by atoms with Crippen molar-refractivity contribution < 1.29 is 19.7 Å². The second kappa shape index (κ2) is 4.11. The molecule has 0 aliphatic heterocycles. The summed E-state index contributed by atoms with van der Waals surface area (Å²) in [4.78, 5) is 10.8. The van der Waals surface area contributed by atoms with Crippen LogP contribution in [0.5, 0.6) is 11.5 Å². The molecule has 0 heterocycles. The van der Waals surface area contributed by atoms with Crippen LogP contribution in [0, 0.1) is 0 Å². The molecule has 2 N–H and O–H groups in total. The summed E-state index contributed by atoms with van der Waals surface area (Å²) in [5.74, 6) is -0.374. The zero-order chi connectivity index (χ0) is 12.6. The summed E-state index contributed by atoms with van der Waals surface area (Å²) in [6, 6.07) is 3.03. The van der Waals surface area contributed by atoms with Crippen molar-refractivity contribution in [2.24, 2.45) is 0 Å². The maximum absolute atomic E-state index is 10.8. The van der Waals surface area contributed by atoms with E-state index in [1.54, 1.807) is 6.07 Å². The lowest BCUT2D eigenvalue weighted by Gasteiger charge is -2.16. The Balaban J connectivity index is 2.42. The van der Waals surface area contributed by atoms with E-state index >= 15 is 0 Å². The Hall–Kier alpha value is -1.42. The van der Waals surface area contributed by atoms with Crippen LogP contribution in [0.3, 0.4) is 0 Å². The Kier molecular flexibility index (Phi) is 2.91. The molecule has 0 bridgehead atoms. The monoisotopic (exact) mass is 256 g/mol. The first-order valence-corrected chi connectivity index (χ1v) is 5.65. The van der Waals surface area contributed by atoms with E-state index in [1.807, 2.05) is 0 Å². The molecule has 1 saturated carbocycles. The van der Waals surface area contributed by atoms with Crippen molar-refractivity contribution in [1.29, 1.82) is 0 Å². The Bertz CT molecular complexity index is 466. The molecule has 1 aliphatic carbocycles. The van der Waals surface area contributed by atoms with Gasteiger partial charge < -0.3 is 14.9 Å². The fourth-order valence-electron chi connectivity index (χ4n) is 2.11. The van der Waals surface area contributed by atoms with E-state index in [9.17, 15) is 9.90 Å². The topological polar surface area (TPSA) is 66.8 Å². The number of hydrogen-bond donors (Lipinski definition) is 2. The third kappa shape index (κ3) is 2.17. The van der Waals surface area contributed by atoms with Crippen molar-refractivity contribution in [2.45, 2.75) is 24.7 Å². The lowest BCUT2D eigenvalue weighted by atomic mass is 9.91. The van der Waals surface area contributed by atoms with Crippen molar-refractivity contribution in [1.82, 2.24) is 0 Å². The van der Waals surface area contributed by atoms with Crippen LogP contribution in [0.2, 0.25) is 5.02 Å². The number of benzene rings is 1. The normalized spacial score (nSPS) is 16.6. The van der Waals surface area contributed by atoms with E-state index in [0.29, 0.717) is 16.3 Å². The predicted molar refractivity (Wildman–Crippen MR) is 62.8 cm³/mol. The summed E-state index contributed by atoms with van der Waals surface area (Å²) in [6.07, 6.45) is 1.54. The molecule has 0 unspecified atom stereocenters. The van der Waals surface area contributed by atoms with Gasteiger partial charge in [-0.1, -0.05) is 11.6 Å². The van der Waals surface area contributed by atoms with Gasteiger partial charge in [-0.25, -0.2) is 0 Å². The zero-order valence-electron chi connectivity index (χ0n) is 9.36. The van der Waals surface area contributed by atoms with E-state index < -0.39 is 11.4 Å². The predicted octanol–water partition coefficient (Wildman–Crippen LogP) is 2.56. The number of phenolic OH excluding ortho intramolecular Hbond substituents is 1. The van der Waals surface area contributed by atoms with E-state index in [2.05, 4.69) is 0 Å². The molecule has 1 aliphatic rings. The third-order valence-electron chi connectivity index (χ3n) is 3.18. The number of hydrogen-bond acceptors (Lipinski definition) is 3. The van der Waals surface area contributed by atoms with Gasteiger partial charge in [0, 0.05) is 17.0 Å². The summed E-state index contributed by atoms with van der Waals surface area (Å²) in [7, 11) is 1.48. The standard InChI is InChI=1S/C12H13ClO4/c1-17-10-4-7(9(14)5-8(10)13)12(2-3-12)6-11(15)16/h4-5,14H,2-3,6H2,1H3,(H,15,16). The average molecular weight is 257 g/mol. The number of aliphatic carboxylic acids is 1. The van der Waals surface area contributed by atoms with Crippen LogP contribution in [-0.4, -0.2) is 23.3 Å². The van der Waals surface area contributed by atoms with Crippen molar-refractivity contribution >= 4 is 17.6 Å². The number of phenols is 1. The molecule has 2 rings (SSSR count). The molecule has 1 aromatic carbocycles. The Labute approximate surface area is 104 Å². The molecule has 1 aromatic rings. The summed E-state index contributed by atoms with van der Waals surface area (Å²) < 4.78 is 5.08. The van der Waals surface area contributed by atoms with Gasteiger partial charge in [0.1, 0.15) is 11.5 Å². The average Bonchev–Trinajstić information content (AvgIpc) is 2.97. The summed E-state index contributed by atoms with van der Waals surface area (Å²) in [6.45, 7) is 0. The molecule has 0 radical (unpaired) electrons. The number of aromatic hydroxyl groups is 1. The fourth-order valence-corrected chi connectivity index (χ4v) is 2.34. The molecule has 17 heavy (non-hydrogen) atoms. The Morgan fingerprint density at radius 2 is 2.18 bits per heavy atom. The first-order valence-electron chi connectivity index (χ1n) is 5.27. The van der Waals surface area contributed by atoms with Crippen molar-refractivity contribution in [3.05, 3.63) is 22.7 Å². The highest BCUT2D eigenvalue weighted by Gasteiger charge is 2.48. The molecule has 0 amide bonds. The summed E-state index contributed by atoms with van der Waals surface area (Å²) in [5, 5.41) is 19.1.